The van der Waals surface area contributed by atoms with E-state index >= 15 is 0 Å². The van der Waals surface area contributed by atoms with E-state index in [9.17, 15) is 4.39 Å². The molecule has 0 fully saturated rings. The van der Waals surface area contributed by atoms with Crippen molar-refractivity contribution < 1.29 is 4.39 Å². The standard InChI is InChI=1S/C13H15FIN3/c1-18-7-6-17-13(18)5-4-12(16)10-3-2-9(14)8-11(10)15/h2-3,6-8,12H,4-5,16H2,1H3. The fraction of sp³-hybridized carbons (Fsp3) is 0.308. The molecule has 2 N–H and O–H groups in total. The number of imidazole rings is 1. The Kier molecular flexibility index (Phi) is 4.34. The Bertz CT molecular complexity index is 539. The molecule has 1 aromatic heterocycles. The molecule has 2 rings (SSSR count). The summed E-state index contributed by atoms with van der Waals surface area (Å²) in [6, 6.07) is 4.64. The Hall–Kier alpha value is -0.950. The Morgan fingerprint density at radius 3 is 2.89 bits per heavy atom. The van der Waals surface area contributed by atoms with E-state index in [2.05, 4.69) is 27.6 Å². The first kappa shape index (κ1) is 13.5. The second kappa shape index (κ2) is 5.79. The minimum atomic E-state index is -0.223. The summed E-state index contributed by atoms with van der Waals surface area (Å²) in [5.41, 5.74) is 7.14. The highest BCUT2D eigenvalue weighted by atomic mass is 127. The molecule has 5 heteroatoms. The Labute approximate surface area is 119 Å². The average Bonchev–Trinajstić information content (AvgIpc) is 2.72. The molecule has 0 saturated heterocycles. The van der Waals surface area contributed by atoms with Gasteiger partial charge in [0.2, 0.25) is 0 Å². The van der Waals surface area contributed by atoms with Crippen LogP contribution in [0.4, 0.5) is 4.39 Å². The van der Waals surface area contributed by atoms with Crippen molar-refractivity contribution in [2.45, 2.75) is 18.9 Å². The van der Waals surface area contributed by atoms with Gasteiger partial charge in [-0.15, -0.1) is 0 Å². The van der Waals surface area contributed by atoms with E-state index in [-0.39, 0.29) is 11.9 Å². The molecular weight excluding hydrogens is 344 g/mol. The fourth-order valence-corrected chi connectivity index (χ4v) is 2.76. The number of rotatable bonds is 4. The normalized spacial score (nSPS) is 12.7. The molecule has 2 aromatic rings. The van der Waals surface area contributed by atoms with Crippen LogP contribution in [0.2, 0.25) is 0 Å². The molecular formula is C13H15FIN3. The summed E-state index contributed by atoms with van der Waals surface area (Å²) in [6.07, 6.45) is 5.32. The monoisotopic (exact) mass is 359 g/mol. The third-order valence-electron chi connectivity index (χ3n) is 2.96. The molecule has 0 radical (unpaired) electrons. The van der Waals surface area contributed by atoms with Gasteiger partial charge in [0.05, 0.1) is 0 Å². The minimum Gasteiger partial charge on any atom is -0.338 e. The highest BCUT2D eigenvalue weighted by Gasteiger charge is 2.11. The Morgan fingerprint density at radius 2 is 2.28 bits per heavy atom. The summed E-state index contributed by atoms with van der Waals surface area (Å²) >= 11 is 2.12. The van der Waals surface area contributed by atoms with Crippen LogP contribution < -0.4 is 5.73 Å². The number of aromatic nitrogens is 2. The number of hydrogen-bond acceptors (Lipinski definition) is 2. The van der Waals surface area contributed by atoms with Crippen LogP contribution in [0.1, 0.15) is 23.9 Å². The first-order chi connectivity index (χ1) is 8.58. The predicted octanol–water partition coefficient (Wildman–Crippen LogP) is 2.80. The van der Waals surface area contributed by atoms with Gasteiger partial charge < -0.3 is 10.3 Å². The zero-order chi connectivity index (χ0) is 13.1. The average molecular weight is 359 g/mol. The number of aryl methyl sites for hydroxylation is 2. The van der Waals surface area contributed by atoms with Crippen LogP contribution in [-0.2, 0) is 13.5 Å². The SMILES string of the molecule is Cn1ccnc1CCC(N)c1ccc(F)cc1I. The van der Waals surface area contributed by atoms with Crippen molar-refractivity contribution in [2.24, 2.45) is 12.8 Å². The van der Waals surface area contributed by atoms with E-state index in [0.29, 0.717) is 0 Å². The van der Waals surface area contributed by atoms with E-state index < -0.39 is 0 Å². The maximum atomic E-state index is 13.0. The lowest BCUT2D eigenvalue weighted by Gasteiger charge is -2.13. The van der Waals surface area contributed by atoms with Crippen molar-refractivity contribution in [2.75, 3.05) is 0 Å². The van der Waals surface area contributed by atoms with Gasteiger partial charge in [-0.05, 0) is 46.7 Å². The van der Waals surface area contributed by atoms with Crippen molar-refractivity contribution in [3.63, 3.8) is 0 Å². The van der Waals surface area contributed by atoms with Gasteiger partial charge in [0.15, 0.2) is 0 Å². The highest BCUT2D eigenvalue weighted by Crippen LogP contribution is 2.22. The van der Waals surface area contributed by atoms with Gasteiger partial charge in [-0.3, -0.25) is 0 Å². The van der Waals surface area contributed by atoms with Crippen LogP contribution in [0.3, 0.4) is 0 Å². The van der Waals surface area contributed by atoms with Crippen molar-refractivity contribution in [1.82, 2.24) is 9.55 Å². The third kappa shape index (κ3) is 3.08. The summed E-state index contributed by atoms with van der Waals surface area (Å²) < 4.78 is 15.9. The van der Waals surface area contributed by atoms with Crippen molar-refractivity contribution >= 4 is 22.6 Å². The maximum Gasteiger partial charge on any atom is 0.124 e. The van der Waals surface area contributed by atoms with E-state index in [4.69, 9.17) is 5.73 Å². The largest absolute Gasteiger partial charge is 0.338 e. The van der Waals surface area contributed by atoms with Crippen molar-refractivity contribution in [1.29, 1.82) is 0 Å². The molecule has 0 saturated carbocycles. The molecule has 0 aliphatic heterocycles. The van der Waals surface area contributed by atoms with E-state index in [0.717, 1.165) is 27.8 Å². The summed E-state index contributed by atoms with van der Waals surface area (Å²) in [7, 11) is 1.97. The maximum absolute atomic E-state index is 13.0. The smallest absolute Gasteiger partial charge is 0.124 e. The molecule has 1 unspecified atom stereocenters. The lowest BCUT2D eigenvalue weighted by Crippen LogP contribution is -2.14. The van der Waals surface area contributed by atoms with E-state index in [1.807, 2.05) is 17.8 Å². The van der Waals surface area contributed by atoms with E-state index in [1.54, 1.807) is 12.3 Å². The lowest BCUT2D eigenvalue weighted by molar-refractivity contribution is 0.606. The topological polar surface area (TPSA) is 43.8 Å². The Balaban J connectivity index is 2.03. The number of benzene rings is 1. The summed E-state index contributed by atoms with van der Waals surface area (Å²) in [5, 5.41) is 0. The number of nitrogens with two attached hydrogens (primary N) is 1. The fourth-order valence-electron chi connectivity index (χ4n) is 1.88. The van der Waals surface area contributed by atoms with Crippen LogP contribution in [0, 0.1) is 9.39 Å². The van der Waals surface area contributed by atoms with Gasteiger partial charge in [0, 0.05) is 35.5 Å². The van der Waals surface area contributed by atoms with Gasteiger partial charge in [-0.2, -0.15) is 0 Å². The summed E-state index contributed by atoms with van der Waals surface area (Å²) in [4.78, 5) is 4.26. The zero-order valence-corrected chi connectivity index (χ0v) is 12.3. The summed E-state index contributed by atoms with van der Waals surface area (Å²) in [6.45, 7) is 0. The van der Waals surface area contributed by atoms with Crippen molar-refractivity contribution in [3.05, 3.63) is 51.4 Å². The lowest BCUT2D eigenvalue weighted by atomic mass is 10.0. The molecule has 1 aromatic carbocycles. The molecule has 3 nitrogen and oxygen atoms in total. The van der Waals surface area contributed by atoms with Gasteiger partial charge in [-0.1, -0.05) is 6.07 Å². The molecule has 0 aliphatic carbocycles. The number of nitrogens with zero attached hydrogens (tertiary/aromatic N) is 2. The van der Waals surface area contributed by atoms with Crippen molar-refractivity contribution in [3.8, 4) is 0 Å². The predicted molar refractivity (Wildman–Crippen MR) is 77.6 cm³/mol. The van der Waals surface area contributed by atoms with Crippen LogP contribution >= 0.6 is 22.6 Å². The van der Waals surface area contributed by atoms with E-state index in [1.165, 1.54) is 12.1 Å². The second-order valence-electron chi connectivity index (χ2n) is 4.27. The molecule has 0 amide bonds. The first-order valence-electron chi connectivity index (χ1n) is 5.74. The van der Waals surface area contributed by atoms with Gasteiger partial charge in [0.25, 0.3) is 0 Å². The highest BCUT2D eigenvalue weighted by molar-refractivity contribution is 14.1. The van der Waals surface area contributed by atoms with Crippen LogP contribution in [0.25, 0.3) is 0 Å². The number of halogens is 2. The number of hydrogen-bond donors (Lipinski definition) is 1. The molecule has 0 bridgehead atoms. The molecule has 0 aliphatic rings. The van der Waals surface area contributed by atoms with Crippen LogP contribution in [-0.4, -0.2) is 9.55 Å². The van der Waals surface area contributed by atoms with Crippen LogP contribution in [0.15, 0.2) is 30.6 Å². The Morgan fingerprint density at radius 1 is 1.50 bits per heavy atom. The molecule has 96 valence electrons. The van der Waals surface area contributed by atoms with Gasteiger partial charge in [0.1, 0.15) is 11.6 Å². The second-order valence-corrected chi connectivity index (χ2v) is 5.43. The zero-order valence-electron chi connectivity index (χ0n) is 10.1. The molecule has 1 heterocycles. The minimum absolute atomic E-state index is 0.0887. The third-order valence-corrected chi connectivity index (χ3v) is 3.90. The van der Waals surface area contributed by atoms with Crippen LogP contribution in [0.5, 0.6) is 0 Å². The van der Waals surface area contributed by atoms with Gasteiger partial charge in [-0.25, -0.2) is 9.37 Å². The molecule has 0 spiro atoms. The summed E-state index contributed by atoms with van der Waals surface area (Å²) in [5.74, 6) is 0.794. The van der Waals surface area contributed by atoms with Gasteiger partial charge >= 0.3 is 0 Å². The molecule has 18 heavy (non-hydrogen) atoms. The molecule has 1 atom stereocenters. The quantitative estimate of drug-likeness (QED) is 0.854. The first-order valence-corrected chi connectivity index (χ1v) is 6.82.